The Hall–Kier alpha value is -2.38. The van der Waals surface area contributed by atoms with E-state index >= 15 is 0 Å². The van der Waals surface area contributed by atoms with Crippen LogP contribution in [0.4, 0.5) is 0 Å². The molecule has 2 aromatic rings. The maximum atomic E-state index is 12.9. The molecule has 0 spiro atoms. The molecule has 1 atom stereocenters. The Labute approximate surface area is 162 Å². The van der Waals surface area contributed by atoms with E-state index in [4.69, 9.17) is 11.6 Å². The van der Waals surface area contributed by atoms with Gasteiger partial charge in [-0.1, -0.05) is 11.6 Å². The molecule has 0 aliphatic carbocycles. The van der Waals surface area contributed by atoms with Crippen LogP contribution in [-0.2, 0) is 4.79 Å². The van der Waals surface area contributed by atoms with Crippen LogP contribution in [0, 0.1) is 0 Å². The highest BCUT2D eigenvalue weighted by Gasteiger charge is 2.32. The van der Waals surface area contributed by atoms with Gasteiger partial charge < -0.3 is 15.1 Å². The van der Waals surface area contributed by atoms with Gasteiger partial charge in [-0.05, 0) is 37.1 Å². The van der Waals surface area contributed by atoms with E-state index in [0.29, 0.717) is 36.8 Å². The van der Waals surface area contributed by atoms with Crippen LogP contribution < -0.4 is 5.32 Å². The van der Waals surface area contributed by atoms with Crippen LogP contribution in [0.25, 0.3) is 5.69 Å². The molecular weight excluding hydrogens is 366 g/mol. The third-order valence-corrected chi connectivity index (χ3v) is 5.42. The van der Waals surface area contributed by atoms with Gasteiger partial charge in [0.25, 0.3) is 5.91 Å². The average molecular weight is 388 g/mol. The lowest BCUT2D eigenvalue weighted by Crippen LogP contribution is -2.57. The summed E-state index contributed by atoms with van der Waals surface area (Å²) >= 11 is 5.92. The molecule has 2 aliphatic rings. The zero-order valence-corrected chi connectivity index (χ0v) is 15.7. The van der Waals surface area contributed by atoms with Crippen LogP contribution in [-0.4, -0.2) is 70.2 Å². The monoisotopic (exact) mass is 387 g/mol. The van der Waals surface area contributed by atoms with Gasteiger partial charge in [-0.25, -0.2) is 4.68 Å². The molecule has 1 aromatic heterocycles. The van der Waals surface area contributed by atoms with Crippen molar-refractivity contribution in [2.45, 2.75) is 18.9 Å². The second-order valence-electron chi connectivity index (χ2n) is 6.96. The second kappa shape index (κ2) is 7.70. The van der Waals surface area contributed by atoms with Crippen molar-refractivity contribution in [1.82, 2.24) is 24.9 Å². The van der Waals surface area contributed by atoms with Crippen LogP contribution >= 0.6 is 11.6 Å². The SMILES string of the molecule is O=C(c1cnn(-c2ccc(Cl)cc2)c1)N1CCCC(N2CCNCC2=O)C1. The van der Waals surface area contributed by atoms with Gasteiger partial charge in [0, 0.05) is 43.4 Å². The lowest BCUT2D eigenvalue weighted by Gasteiger charge is -2.41. The van der Waals surface area contributed by atoms with E-state index in [9.17, 15) is 9.59 Å². The molecule has 27 heavy (non-hydrogen) atoms. The molecule has 0 radical (unpaired) electrons. The number of carbonyl (C=O) groups excluding carboxylic acids is 2. The van der Waals surface area contributed by atoms with Crippen molar-refractivity contribution in [3.8, 4) is 5.69 Å². The molecule has 1 aromatic carbocycles. The normalized spacial score (nSPS) is 20.8. The molecule has 4 rings (SSSR count). The van der Waals surface area contributed by atoms with Crippen molar-refractivity contribution in [2.24, 2.45) is 0 Å². The number of piperidine rings is 1. The number of piperazine rings is 1. The number of nitrogens with one attached hydrogen (secondary N) is 1. The molecule has 2 aliphatic heterocycles. The summed E-state index contributed by atoms with van der Waals surface area (Å²) in [5, 5.41) is 8.06. The van der Waals surface area contributed by atoms with Crippen molar-refractivity contribution in [3.63, 3.8) is 0 Å². The number of aromatic nitrogens is 2. The largest absolute Gasteiger partial charge is 0.336 e. The highest BCUT2D eigenvalue weighted by Crippen LogP contribution is 2.20. The summed E-state index contributed by atoms with van der Waals surface area (Å²) in [5.74, 6) is 0.0820. The molecule has 8 heteroatoms. The average Bonchev–Trinajstić information content (AvgIpc) is 3.18. The maximum absolute atomic E-state index is 12.9. The van der Waals surface area contributed by atoms with Crippen molar-refractivity contribution < 1.29 is 9.59 Å². The minimum absolute atomic E-state index is 0.0394. The van der Waals surface area contributed by atoms with Crippen LogP contribution in [0.3, 0.4) is 0 Å². The van der Waals surface area contributed by atoms with E-state index in [2.05, 4.69) is 10.4 Å². The Morgan fingerprint density at radius 3 is 2.81 bits per heavy atom. The molecule has 142 valence electrons. The van der Waals surface area contributed by atoms with E-state index in [-0.39, 0.29) is 17.9 Å². The van der Waals surface area contributed by atoms with E-state index in [1.54, 1.807) is 29.2 Å². The van der Waals surface area contributed by atoms with Crippen LogP contribution in [0.2, 0.25) is 5.02 Å². The molecule has 2 amide bonds. The summed E-state index contributed by atoms with van der Waals surface area (Å²) in [4.78, 5) is 28.9. The topological polar surface area (TPSA) is 70.5 Å². The summed E-state index contributed by atoms with van der Waals surface area (Å²) < 4.78 is 1.67. The molecule has 7 nitrogen and oxygen atoms in total. The number of hydrogen-bond acceptors (Lipinski definition) is 4. The predicted molar refractivity (Wildman–Crippen MR) is 102 cm³/mol. The van der Waals surface area contributed by atoms with Gasteiger partial charge in [0.1, 0.15) is 0 Å². The number of rotatable bonds is 3. The summed E-state index contributed by atoms with van der Waals surface area (Å²) in [6.07, 6.45) is 5.18. The Kier molecular flexibility index (Phi) is 5.13. The highest BCUT2D eigenvalue weighted by atomic mass is 35.5. The fraction of sp³-hybridized carbons (Fsp3) is 0.421. The standard InChI is InChI=1S/C19H22ClN5O2/c20-15-3-5-16(6-4-15)25-12-14(10-22-25)19(27)23-8-1-2-17(13-23)24-9-7-21-11-18(24)26/h3-6,10,12,17,21H,1-2,7-9,11,13H2. The molecule has 3 heterocycles. The fourth-order valence-electron chi connectivity index (χ4n) is 3.75. The summed E-state index contributed by atoms with van der Waals surface area (Å²) in [6, 6.07) is 7.40. The highest BCUT2D eigenvalue weighted by molar-refractivity contribution is 6.30. The van der Waals surface area contributed by atoms with Crippen molar-refractivity contribution >= 4 is 23.4 Å². The van der Waals surface area contributed by atoms with Crippen LogP contribution in [0.5, 0.6) is 0 Å². The minimum Gasteiger partial charge on any atom is -0.336 e. The summed E-state index contributed by atoms with van der Waals surface area (Å²) in [7, 11) is 0. The first kappa shape index (κ1) is 18.0. The minimum atomic E-state index is -0.0394. The van der Waals surface area contributed by atoms with Gasteiger partial charge in [0.05, 0.1) is 24.0 Å². The first-order valence-electron chi connectivity index (χ1n) is 9.22. The molecule has 1 unspecified atom stereocenters. The first-order chi connectivity index (χ1) is 13.1. The Bertz CT molecular complexity index is 835. The van der Waals surface area contributed by atoms with Gasteiger partial charge >= 0.3 is 0 Å². The third kappa shape index (κ3) is 3.84. The Morgan fingerprint density at radius 2 is 2.04 bits per heavy atom. The number of likely N-dealkylation sites (tertiary alicyclic amines) is 1. The number of carbonyl (C=O) groups is 2. The molecule has 0 bridgehead atoms. The summed E-state index contributed by atoms with van der Waals surface area (Å²) in [5.41, 5.74) is 1.40. The second-order valence-corrected chi connectivity index (χ2v) is 7.40. The molecule has 1 N–H and O–H groups in total. The zero-order valence-electron chi connectivity index (χ0n) is 15.0. The van der Waals surface area contributed by atoms with Crippen molar-refractivity contribution in [2.75, 3.05) is 32.7 Å². The van der Waals surface area contributed by atoms with Gasteiger partial charge in [-0.3, -0.25) is 9.59 Å². The third-order valence-electron chi connectivity index (χ3n) is 5.17. The van der Waals surface area contributed by atoms with Crippen molar-refractivity contribution in [1.29, 1.82) is 0 Å². The molecule has 0 saturated carbocycles. The van der Waals surface area contributed by atoms with Crippen molar-refractivity contribution in [3.05, 3.63) is 47.2 Å². The molecule has 2 saturated heterocycles. The van der Waals surface area contributed by atoms with Gasteiger partial charge in [0.15, 0.2) is 0 Å². The number of benzene rings is 1. The number of nitrogens with zero attached hydrogens (tertiary/aromatic N) is 4. The molecular formula is C19H22ClN5O2. The predicted octanol–water partition coefficient (Wildman–Crippen LogP) is 1.56. The van der Waals surface area contributed by atoms with Crippen LogP contribution in [0.15, 0.2) is 36.7 Å². The number of amides is 2. The van der Waals surface area contributed by atoms with Crippen LogP contribution in [0.1, 0.15) is 23.2 Å². The first-order valence-corrected chi connectivity index (χ1v) is 9.60. The maximum Gasteiger partial charge on any atom is 0.257 e. The summed E-state index contributed by atoms with van der Waals surface area (Å²) in [6.45, 7) is 3.20. The van der Waals surface area contributed by atoms with E-state index in [0.717, 1.165) is 25.1 Å². The van der Waals surface area contributed by atoms with Gasteiger partial charge in [-0.2, -0.15) is 5.10 Å². The van der Waals surface area contributed by atoms with Gasteiger partial charge in [0.2, 0.25) is 5.91 Å². The zero-order chi connectivity index (χ0) is 18.8. The number of hydrogen-bond donors (Lipinski definition) is 1. The van der Waals surface area contributed by atoms with E-state index in [1.807, 2.05) is 21.9 Å². The van der Waals surface area contributed by atoms with E-state index in [1.165, 1.54) is 0 Å². The lowest BCUT2D eigenvalue weighted by atomic mass is 10.0. The Morgan fingerprint density at radius 1 is 1.22 bits per heavy atom. The lowest BCUT2D eigenvalue weighted by molar-refractivity contribution is -0.135. The van der Waals surface area contributed by atoms with E-state index < -0.39 is 0 Å². The molecule has 2 fully saturated rings. The number of halogens is 1. The quantitative estimate of drug-likeness (QED) is 0.867. The fourth-order valence-corrected chi connectivity index (χ4v) is 3.88. The Balaban J connectivity index is 1.46. The van der Waals surface area contributed by atoms with Gasteiger partial charge in [-0.15, -0.1) is 0 Å². The smallest absolute Gasteiger partial charge is 0.257 e.